The highest BCUT2D eigenvalue weighted by Gasteiger charge is 2.19. The number of carbonyl (C=O) groups excluding carboxylic acids is 3. The van der Waals surface area contributed by atoms with Crippen LogP contribution in [0.15, 0.2) is 48.6 Å². The first kappa shape index (κ1) is 60.4. The molecule has 0 radical (unpaired) electrons. The fourth-order valence-electron chi connectivity index (χ4n) is 7.68. The highest BCUT2D eigenvalue weighted by Crippen LogP contribution is 2.15. The SMILES string of the molecule is CCCCC/C=C\C/C=C\C/C=C\CCCCCCC(=O)O[C@H](COC(=O)CCCCCCCCC/C=C\CCCCCCCC)COC(=O)CCCCCCCCCCCCC. The molecule has 0 fully saturated rings. The van der Waals surface area contributed by atoms with Crippen LogP contribution in [0.5, 0.6) is 0 Å². The van der Waals surface area contributed by atoms with Gasteiger partial charge in [-0.2, -0.15) is 0 Å². The smallest absolute Gasteiger partial charge is 0.306 e. The lowest BCUT2D eigenvalue weighted by Gasteiger charge is -2.18. The van der Waals surface area contributed by atoms with Gasteiger partial charge in [-0.25, -0.2) is 0 Å². The van der Waals surface area contributed by atoms with Gasteiger partial charge in [0, 0.05) is 19.3 Å². The summed E-state index contributed by atoms with van der Waals surface area (Å²) in [6.07, 6.45) is 62.3. The molecular weight excluding hydrogens is 781 g/mol. The van der Waals surface area contributed by atoms with E-state index in [-0.39, 0.29) is 31.1 Å². The van der Waals surface area contributed by atoms with Crippen molar-refractivity contribution in [2.24, 2.45) is 0 Å². The summed E-state index contributed by atoms with van der Waals surface area (Å²) < 4.78 is 16.8. The molecule has 0 bridgehead atoms. The summed E-state index contributed by atoms with van der Waals surface area (Å²) in [5.41, 5.74) is 0. The maximum Gasteiger partial charge on any atom is 0.306 e. The molecule has 63 heavy (non-hydrogen) atoms. The second-order valence-electron chi connectivity index (χ2n) is 18.1. The minimum Gasteiger partial charge on any atom is -0.462 e. The van der Waals surface area contributed by atoms with E-state index in [9.17, 15) is 14.4 Å². The molecule has 0 aromatic carbocycles. The molecule has 0 aliphatic carbocycles. The van der Waals surface area contributed by atoms with E-state index in [4.69, 9.17) is 14.2 Å². The highest BCUT2D eigenvalue weighted by atomic mass is 16.6. The van der Waals surface area contributed by atoms with Crippen molar-refractivity contribution < 1.29 is 28.6 Å². The summed E-state index contributed by atoms with van der Waals surface area (Å²) in [6, 6.07) is 0. The second kappa shape index (κ2) is 52.0. The second-order valence-corrected chi connectivity index (χ2v) is 18.1. The third-order valence-corrected chi connectivity index (χ3v) is 11.8. The Balaban J connectivity index is 4.38. The van der Waals surface area contributed by atoms with Crippen molar-refractivity contribution in [1.29, 1.82) is 0 Å². The first-order chi connectivity index (χ1) is 31.0. The molecule has 1 atom stereocenters. The zero-order valence-corrected chi connectivity index (χ0v) is 41.8. The molecule has 0 aromatic heterocycles. The largest absolute Gasteiger partial charge is 0.462 e. The molecule has 6 heteroatoms. The quantitative estimate of drug-likeness (QED) is 0.0262. The summed E-state index contributed by atoms with van der Waals surface area (Å²) in [6.45, 7) is 6.60. The first-order valence-corrected chi connectivity index (χ1v) is 27.1. The Bertz CT molecular complexity index is 1110. The number of ether oxygens (including phenoxy) is 3. The van der Waals surface area contributed by atoms with Crippen LogP contribution in [0.4, 0.5) is 0 Å². The van der Waals surface area contributed by atoms with Crippen LogP contribution in [0.1, 0.15) is 278 Å². The third-order valence-electron chi connectivity index (χ3n) is 11.8. The number of allylic oxidation sites excluding steroid dienone is 8. The minimum atomic E-state index is -0.783. The molecule has 0 aromatic rings. The standard InChI is InChI=1S/C57H102O6/c1-4-7-10-13-16-19-22-24-26-28-30-32-35-38-41-44-47-50-56(59)62-53-54(52-61-55(58)49-46-43-40-37-34-21-18-15-12-9-6-3)63-57(60)51-48-45-42-39-36-33-31-29-27-25-23-20-17-14-11-8-5-2/h17,20,24-27,31,33,54H,4-16,18-19,21-23,28-30,32,34-53H2,1-3H3/b20-17-,26-24-,27-25-,33-31-/t54-/m0/s1. The summed E-state index contributed by atoms with van der Waals surface area (Å²) in [5, 5.41) is 0. The van der Waals surface area contributed by atoms with Crippen LogP contribution in [0.25, 0.3) is 0 Å². The average Bonchev–Trinajstić information content (AvgIpc) is 3.28. The van der Waals surface area contributed by atoms with Gasteiger partial charge in [-0.15, -0.1) is 0 Å². The summed E-state index contributed by atoms with van der Waals surface area (Å²) in [7, 11) is 0. The third kappa shape index (κ3) is 50.2. The lowest BCUT2D eigenvalue weighted by atomic mass is 10.1. The van der Waals surface area contributed by atoms with Crippen molar-refractivity contribution in [3.05, 3.63) is 48.6 Å². The van der Waals surface area contributed by atoms with Crippen LogP contribution in [-0.2, 0) is 28.6 Å². The van der Waals surface area contributed by atoms with Crippen LogP contribution in [0.3, 0.4) is 0 Å². The van der Waals surface area contributed by atoms with Gasteiger partial charge in [0.05, 0.1) is 0 Å². The van der Waals surface area contributed by atoms with Crippen LogP contribution < -0.4 is 0 Å². The van der Waals surface area contributed by atoms with Gasteiger partial charge in [0.2, 0.25) is 0 Å². The Hall–Kier alpha value is -2.63. The molecular formula is C57H102O6. The number of carbonyl (C=O) groups is 3. The average molecular weight is 883 g/mol. The molecule has 0 amide bonds. The van der Waals surface area contributed by atoms with Gasteiger partial charge in [0.25, 0.3) is 0 Å². The zero-order valence-electron chi connectivity index (χ0n) is 41.8. The van der Waals surface area contributed by atoms with E-state index in [0.29, 0.717) is 19.3 Å². The number of esters is 3. The van der Waals surface area contributed by atoms with E-state index >= 15 is 0 Å². The van der Waals surface area contributed by atoms with Gasteiger partial charge in [-0.3, -0.25) is 14.4 Å². The lowest BCUT2D eigenvalue weighted by Crippen LogP contribution is -2.30. The molecule has 0 saturated heterocycles. The maximum atomic E-state index is 12.8. The van der Waals surface area contributed by atoms with Crippen molar-refractivity contribution in [1.82, 2.24) is 0 Å². The fraction of sp³-hybridized carbons (Fsp3) is 0.807. The van der Waals surface area contributed by atoms with Gasteiger partial charge in [0.1, 0.15) is 13.2 Å². The Morgan fingerprint density at radius 2 is 0.571 bits per heavy atom. The van der Waals surface area contributed by atoms with Gasteiger partial charge in [-0.1, -0.05) is 223 Å². The normalized spacial score (nSPS) is 12.4. The van der Waals surface area contributed by atoms with Crippen molar-refractivity contribution in [3.8, 4) is 0 Å². The number of rotatable bonds is 49. The van der Waals surface area contributed by atoms with Gasteiger partial charge < -0.3 is 14.2 Å². The van der Waals surface area contributed by atoms with E-state index in [1.54, 1.807) is 0 Å². The van der Waals surface area contributed by atoms with Gasteiger partial charge >= 0.3 is 17.9 Å². The van der Waals surface area contributed by atoms with E-state index in [1.807, 2.05) is 0 Å². The number of hydrogen-bond donors (Lipinski definition) is 0. The van der Waals surface area contributed by atoms with E-state index in [2.05, 4.69) is 69.4 Å². The van der Waals surface area contributed by atoms with Crippen molar-refractivity contribution in [2.45, 2.75) is 284 Å². The monoisotopic (exact) mass is 883 g/mol. The van der Waals surface area contributed by atoms with E-state index in [0.717, 1.165) is 83.5 Å². The van der Waals surface area contributed by atoms with Crippen LogP contribution in [0, 0.1) is 0 Å². The van der Waals surface area contributed by atoms with Gasteiger partial charge in [-0.05, 0) is 83.5 Å². The molecule has 0 heterocycles. The number of hydrogen-bond acceptors (Lipinski definition) is 6. The van der Waals surface area contributed by atoms with E-state index in [1.165, 1.54) is 154 Å². The summed E-state index contributed by atoms with van der Waals surface area (Å²) >= 11 is 0. The molecule has 0 aliphatic heterocycles. The summed E-state index contributed by atoms with van der Waals surface area (Å²) in [4.78, 5) is 38.0. The molecule has 0 saturated carbocycles. The van der Waals surface area contributed by atoms with Crippen molar-refractivity contribution >= 4 is 17.9 Å². The van der Waals surface area contributed by atoms with Crippen LogP contribution in [0.2, 0.25) is 0 Å². The highest BCUT2D eigenvalue weighted by molar-refractivity contribution is 5.71. The molecule has 0 unspecified atom stereocenters. The Labute approximate surface area is 390 Å². The summed E-state index contributed by atoms with van der Waals surface area (Å²) in [5.74, 6) is -0.899. The molecule has 6 nitrogen and oxygen atoms in total. The van der Waals surface area contributed by atoms with Crippen molar-refractivity contribution in [2.75, 3.05) is 13.2 Å². The van der Waals surface area contributed by atoms with Gasteiger partial charge in [0.15, 0.2) is 6.10 Å². The van der Waals surface area contributed by atoms with Crippen LogP contribution >= 0.6 is 0 Å². The van der Waals surface area contributed by atoms with E-state index < -0.39 is 6.10 Å². The zero-order chi connectivity index (χ0) is 45.8. The Morgan fingerprint density at radius 3 is 0.937 bits per heavy atom. The molecule has 366 valence electrons. The van der Waals surface area contributed by atoms with Crippen LogP contribution in [-0.4, -0.2) is 37.2 Å². The topological polar surface area (TPSA) is 78.9 Å². The molecule has 0 spiro atoms. The number of unbranched alkanes of at least 4 members (excludes halogenated alkanes) is 30. The first-order valence-electron chi connectivity index (χ1n) is 27.1. The predicted octanol–water partition coefficient (Wildman–Crippen LogP) is 17.9. The Morgan fingerprint density at radius 1 is 0.317 bits per heavy atom. The lowest BCUT2D eigenvalue weighted by molar-refractivity contribution is -0.167. The molecule has 0 N–H and O–H groups in total. The predicted molar refractivity (Wildman–Crippen MR) is 270 cm³/mol. The minimum absolute atomic E-state index is 0.0813. The molecule has 0 aliphatic rings. The molecule has 0 rings (SSSR count). The Kier molecular flexibility index (Phi) is 49.8. The maximum absolute atomic E-state index is 12.8. The fourth-order valence-corrected chi connectivity index (χ4v) is 7.68. The van der Waals surface area contributed by atoms with Crippen molar-refractivity contribution in [3.63, 3.8) is 0 Å².